The molecule has 3 rings (SSSR count). The zero-order valence-corrected chi connectivity index (χ0v) is 17.9. The molecular formula is C21H25N7O5. The molecule has 0 fully saturated rings. The molecule has 0 unspecified atom stereocenters. The van der Waals surface area contributed by atoms with Crippen LogP contribution < -0.4 is 21.7 Å². The lowest BCUT2D eigenvalue weighted by Gasteiger charge is -2.20. The van der Waals surface area contributed by atoms with Gasteiger partial charge in [0.15, 0.2) is 0 Å². The number of fused-ring (bicyclic) bond motifs is 1. The largest absolute Gasteiger partial charge is 0.481 e. The van der Waals surface area contributed by atoms with Crippen LogP contribution in [0.25, 0.3) is 11.0 Å². The lowest BCUT2D eigenvalue weighted by molar-refractivity contribution is -0.140. The van der Waals surface area contributed by atoms with Crippen molar-refractivity contribution in [3.8, 4) is 0 Å². The Morgan fingerprint density at radius 3 is 2.48 bits per heavy atom. The molecule has 2 aromatic heterocycles. The lowest BCUT2D eigenvalue weighted by Crippen LogP contribution is -2.41. The van der Waals surface area contributed by atoms with Gasteiger partial charge >= 0.3 is 11.9 Å². The van der Waals surface area contributed by atoms with Crippen molar-refractivity contribution in [3.05, 3.63) is 41.6 Å². The van der Waals surface area contributed by atoms with Gasteiger partial charge in [0.25, 0.3) is 5.91 Å². The molecule has 1 atom stereocenters. The Bertz CT molecular complexity index is 1180. The van der Waals surface area contributed by atoms with Gasteiger partial charge in [-0.2, -0.15) is 9.97 Å². The minimum Gasteiger partial charge on any atom is -0.481 e. The summed E-state index contributed by atoms with van der Waals surface area (Å²) in [7, 11) is 1.90. The second-order valence-corrected chi connectivity index (χ2v) is 7.52. The summed E-state index contributed by atoms with van der Waals surface area (Å²) in [6, 6.07) is 5.37. The van der Waals surface area contributed by atoms with Crippen molar-refractivity contribution in [2.45, 2.75) is 25.3 Å². The highest BCUT2D eigenvalue weighted by molar-refractivity contribution is 5.97. The van der Waals surface area contributed by atoms with Crippen LogP contribution in [0.2, 0.25) is 0 Å². The number of anilines is 3. The summed E-state index contributed by atoms with van der Waals surface area (Å²) in [5, 5.41) is 21.0. The molecule has 0 bridgehead atoms. The molecule has 12 heteroatoms. The Balaban J connectivity index is 1.62. The second kappa shape index (κ2) is 9.85. The van der Waals surface area contributed by atoms with Crippen LogP contribution in [0.4, 0.5) is 17.5 Å². The van der Waals surface area contributed by atoms with E-state index >= 15 is 0 Å². The number of rotatable bonds is 10. The summed E-state index contributed by atoms with van der Waals surface area (Å²) < 4.78 is 0. The highest BCUT2D eigenvalue weighted by Gasteiger charge is 2.21. The molecule has 0 aliphatic rings. The maximum atomic E-state index is 12.4. The number of hydrogen-bond acceptors (Lipinski definition) is 8. The number of aromatic nitrogens is 3. The number of carboxylic acid groups (broad SMARTS) is 2. The Kier molecular flexibility index (Phi) is 6.96. The smallest absolute Gasteiger partial charge is 0.326 e. The van der Waals surface area contributed by atoms with Gasteiger partial charge in [-0.05, 0) is 42.7 Å². The number of amides is 1. The van der Waals surface area contributed by atoms with Crippen molar-refractivity contribution in [1.29, 1.82) is 0 Å². The Morgan fingerprint density at radius 2 is 1.85 bits per heavy atom. The summed E-state index contributed by atoms with van der Waals surface area (Å²) in [5.74, 6) is -2.58. The zero-order valence-electron chi connectivity index (χ0n) is 17.9. The minimum atomic E-state index is -1.29. The zero-order chi connectivity index (χ0) is 24.1. The third-order valence-electron chi connectivity index (χ3n) is 5.20. The minimum absolute atomic E-state index is 0.103. The SMILES string of the molecule is CN(CCc1c[nH]c2nc(N)nc(N)c12)c1ccc(C(=O)N[C@@H](CCC(=O)O)C(=O)O)cc1. The van der Waals surface area contributed by atoms with E-state index in [9.17, 15) is 19.5 Å². The van der Waals surface area contributed by atoms with Crippen molar-refractivity contribution < 1.29 is 24.6 Å². The quantitative estimate of drug-likeness (QED) is 0.254. The summed E-state index contributed by atoms with van der Waals surface area (Å²) in [5.41, 5.74) is 14.3. The van der Waals surface area contributed by atoms with Gasteiger partial charge in [-0.15, -0.1) is 0 Å². The van der Waals surface area contributed by atoms with E-state index in [0.717, 1.165) is 16.6 Å². The first-order chi connectivity index (χ1) is 15.7. The van der Waals surface area contributed by atoms with Crippen LogP contribution in [0.15, 0.2) is 30.5 Å². The second-order valence-electron chi connectivity index (χ2n) is 7.52. The molecule has 0 saturated carbocycles. The number of aliphatic carboxylic acids is 2. The number of nitrogens with zero attached hydrogens (tertiary/aromatic N) is 3. The molecule has 0 radical (unpaired) electrons. The van der Waals surface area contributed by atoms with Gasteiger partial charge in [-0.3, -0.25) is 9.59 Å². The van der Waals surface area contributed by atoms with Crippen LogP contribution in [0, 0.1) is 0 Å². The van der Waals surface area contributed by atoms with E-state index in [-0.39, 0.29) is 24.4 Å². The monoisotopic (exact) mass is 455 g/mol. The van der Waals surface area contributed by atoms with E-state index in [0.29, 0.717) is 24.4 Å². The molecule has 8 N–H and O–H groups in total. The maximum Gasteiger partial charge on any atom is 0.326 e. The van der Waals surface area contributed by atoms with Gasteiger partial charge in [0.1, 0.15) is 17.5 Å². The predicted octanol–water partition coefficient (Wildman–Crippen LogP) is 0.849. The first-order valence-corrected chi connectivity index (χ1v) is 10.1. The molecule has 174 valence electrons. The number of carboxylic acids is 2. The molecule has 12 nitrogen and oxygen atoms in total. The first-order valence-electron chi connectivity index (χ1n) is 10.1. The van der Waals surface area contributed by atoms with Gasteiger partial charge in [0, 0.05) is 37.5 Å². The molecule has 0 spiro atoms. The van der Waals surface area contributed by atoms with Crippen molar-refractivity contribution in [1.82, 2.24) is 20.3 Å². The molecule has 0 aliphatic carbocycles. The predicted molar refractivity (Wildman–Crippen MR) is 122 cm³/mol. The number of benzene rings is 1. The van der Waals surface area contributed by atoms with E-state index in [1.165, 1.54) is 0 Å². The number of nitrogens with one attached hydrogen (secondary N) is 2. The number of likely N-dealkylation sites (N-methyl/N-ethyl adjacent to an activating group) is 1. The number of hydrogen-bond donors (Lipinski definition) is 6. The van der Waals surface area contributed by atoms with Gasteiger partial charge in [0.2, 0.25) is 5.95 Å². The average Bonchev–Trinajstić information content (AvgIpc) is 3.17. The Morgan fingerprint density at radius 1 is 1.15 bits per heavy atom. The molecule has 0 aliphatic heterocycles. The van der Waals surface area contributed by atoms with E-state index in [1.54, 1.807) is 24.3 Å². The van der Waals surface area contributed by atoms with Crippen LogP contribution in [0.1, 0.15) is 28.8 Å². The van der Waals surface area contributed by atoms with Gasteiger partial charge < -0.3 is 36.9 Å². The number of nitrogens with two attached hydrogens (primary N) is 2. The summed E-state index contributed by atoms with van der Waals surface area (Å²) in [6.45, 7) is 0.637. The summed E-state index contributed by atoms with van der Waals surface area (Å²) in [4.78, 5) is 47.5. The lowest BCUT2D eigenvalue weighted by atomic mass is 10.1. The van der Waals surface area contributed by atoms with E-state index in [2.05, 4.69) is 20.3 Å². The highest BCUT2D eigenvalue weighted by Crippen LogP contribution is 2.24. The van der Waals surface area contributed by atoms with E-state index < -0.39 is 23.9 Å². The number of H-pyrrole nitrogens is 1. The standard InChI is InChI=1S/C21H25N7O5/c1-28(9-8-12-10-24-18-16(12)17(22)26-21(23)27-18)13-4-2-11(3-5-13)19(31)25-14(20(32)33)6-7-15(29)30/h2-5,10,14H,6-9H2,1H3,(H,25,31)(H,29,30)(H,32,33)(H5,22,23,24,26,27)/t14-/m0/s1. The Hall–Kier alpha value is -4.35. The van der Waals surface area contributed by atoms with E-state index in [4.69, 9.17) is 16.6 Å². The molecule has 2 heterocycles. The van der Waals surface area contributed by atoms with Gasteiger partial charge in [0.05, 0.1) is 5.39 Å². The fraction of sp³-hybridized carbons (Fsp3) is 0.286. The van der Waals surface area contributed by atoms with E-state index in [1.807, 2.05) is 18.1 Å². The van der Waals surface area contributed by atoms with Crippen LogP contribution in [-0.4, -0.2) is 62.6 Å². The fourth-order valence-electron chi connectivity index (χ4n) is 3.39. The van der Waals surface area contributed by atoms with Crippen molar-refractivity contribution >= 4 is 46.3 Å². The highest BCUT2D eigenvalue weighted by atomic mass is 16.4. The van der Waals surface area contributed by atoms with Gasteiger partial charge in [-0.25, -0.2) is 4.79 Å². The van der Waals surface area contributed by atoms with Crippen LogP contribution in [-0.2, 0) is 16.0 Å². The molecule has 1 aromatic carbocycles. The maximum absolute atomic E-state index is 12.4. The fourth-order valence-corrected chi connectivity index (χ4v) is 3.39. The Labute approximate surface area is 188 Å². The molecule has 1 amide bonds. The van der Waals surface area contributed by atoms with Crippen LogP contribution >= 0.6 is 0 Å². The van der Waals surface area contributed by atoms with Gasteiger partial charge in [-0.1, -0.05) is 0 Å². The average molecular weight is 455 g/mol. The van der Waals surface area contributed by atoms with Crippen molar-refractivity contribution in [2.75, 3.05) is 30.0 Å². The third-order valence-corrected chi connectivity index (χ3v) is 5.20. The molecule has 3 aromatic rings. The number of carbonyl (C=O) groups excluding carboxylic acids is 1. The topological polar surface area (TPSA) is 201 Å². The number of carbonyl (C=O) groups is 3. The summed E-state index contributed by atoms with van der Waals surface area (Å²) >= 11 is 0. The third kappa shape index (κ3) is 5.67. The molecule has 33 heavy (non-hydrogen) atoms. The van der Waals surface area contributed by atoms with Crippen LogP contribution in [0.3, 0.4) is 0 Å². The van der Waals surface area contributed by atoms with Crippen molar-refractivity contribution in [3.63, 3.8) is 0 Å². The molecule has 0 saturated heterocycles. The normalized spacial score (nSPS) is 11.8. The number of nitrogen functional groups attached to an aromatic ring is 2. The first kappa shape index (κ1) is 23.3. The molecular weight excluding hydrogens is 430 g/mol. The summed E-state index contributed by atoms with van der Waals surface area (Å²) in [6.07, 6.45) is 1.91. The van der Waals surface area contributed by atoms with Crippen LogP contribution in [0.5, 0.6) is 0 Å². The van der Waals surface area contributed by atoms with Crippen molar-refractivity contribution in [2.24, 2.45) is 0 Å². The number of aromatic amines is 1.